The van der Waals surface area contributed by atoms with Gasteiger partial charge in [0.1, 0.15) is 6.17 Å². The first kappa shape index (κ1) is 26.0. The van der Waals surface area contributed by atoms with Gasteiger partial charge in [-0.1, -0.05) is 50.3 Å². The van der Waals surface area contributed by atoms with Gasteiger partial charge in [-0.05, 0) is 120 Å². The van der Waals surface area contributed by atoms with E-state index in [4.69, 9.17) is 0 Å². The normalized spacial score (nSPS) is 30.9. The number of hydrogen-bond acceptors (Lipinski definition) is 2. The average molecular weight is 617 g/mol. The summed E-state index contributed by atoms with van der Waals surface area (Å²) in [4.78, 5) is 5.11. The fraction of sp³-hybridized carbons (Fsp3) is 0.429. The summed E-state index contributed by atoms with van der Waals surface area (Å²) in [6.45, 7) is 19.0. The fourth-order valence-electron chi connectivity index (χ4n) is 9.28. The highest BCUT2D eigenvalue weighted by Gasteiger charge is 2.66. The molecule has 198 valence electrons. The van der Waals surface area contributed by atoms with Gasteiger partial charge in [0.2, 0.25) is 0 Å². The smallest absolute Gasteiger partial charge is 0.113 e. The van der Waals surface area contributed by atoms with Crippen LogP contribution in [0.4, 0.5) is 0 Å². The summed E-state index contributed by atoms with van der Waals surface area (Å²) in [5, 5.41) is 0. The Morgan fingerprint density at radius 3 is 2.32 bits per heavy atom. The molecule has 0 saturated heterocycles. The fourth-order valence-corrected chi connectivity index (χ4v) is 10.1. The number of nitrogens with zero attached hydrogens (tertiary/aromatic N) is 2. The molecule has 38 heavy (non-hydrogen) atoms. The Morgan fingerprint density at radius 1 is 1.00 bits per heavy atom. The van der Waals surface area contributed by atoms with Crippen molar-refractivity contribution in [2.75, 3.05) is 7.05 Å². The van der Waals surface area contributed by atoms with E-state index in [-0.39, 0.29) is 22.9 Å². The second-order valence-corrected chi connectivity index (χ2v) is 13.0. The van der Waals surface area contributed by atoms with Crippen LogP contribution in [-0.4, -0.2) is 23.0 Å². The molecule has 2 heterocycles. The van der Waals surface area contributed by atoms with E-state index in [1.54, 1.807) is 11.1 Å². The molecule has 0 saturated carbocycles. The van der Waals surface area contributed by atoms with Gasteiger partial charge in [-0.15, -0.1) is 6.58 Å². The van der Waals surface area contributed by atoms with Gasteiger partial charge < -0.3 is 9.80 Å². The zero-order valence-corrected chi connectivity index (χ0v) is 26.2. The van der Waals surface area contributed by atoms with Crippen LogP contribution >= 0.6 is 22.6 Å². The number of hydrogen-bond donors (Lipinski definition) is 0. The number of allylic oxidation sites excluding steroid dienone is 4. The van der Waals surface area contributed by atoms with E-state index in [1.165, 1.54) is 42.6 Å². The van der Waals surface area contributed by atoms with Crippen LogP contribution in [0.5, 0.6) is 0 Å². The summed E-state index contributed by atoms with van der Waals surface area (Å²) in [6, 6.07) is 9.47. The number of benzene rings is 2. The lowest BCUT2D eigenvalue weighted by Crippen LogP contribution is -2.67. The molecule has 0 N–H and O–H groups in total. The van der Waals surface area contributed by atoms with Crippen molar-refractivity contribution in [3.05, 3.63) is 115 Å². The van der Waals surface area contributed by atoms with Crippen molar-refractivity contribution < 1.29 is 0 Å². The summed E-state index contributed by atoms with van der Waals surface area (Å²) >= 11 is 2.58. The lowest BCUT2D eigenvalue weighted by Gasteiger charge is -2.65. The molecule has 0 fully saturated rings. The van der Waals surface area contributed by atoms with E-state index < -0.39 is 0 Å². The molecule has 5 atom stereocenters. The second kappa shape index (κ2) is 8.87. The first-order chi connectivity index (χ1) is 18.2. The zero-order chi connectivity index (χ0) is 27.1. The second-order valence-electron chi connectivity index (χ2n) is 12.0. The molecule has 4 aliphatic rings. The third kappa shape index (κ3) is 2.89. The summed E-state index contributed by atoms with van der Waals surface area (Å²) in [5.41, 5.74) is 13.1. The molecular weight excluding hydrogens is 575 g/mol. The van der Waals surface area contributed by atoms with Crippen LogP contribution < -0.4 is 0 Å². The standard InChI is InChI=1S/C35H41IN2/c1-9-28-27-20-25-16-17-30(27)38-19-18-37(8)33(38)35(28,11-3)34(10-2,29-15-13-12-14-26(25)29)31-21(4)23(6)32(36)24(7)22(31)5/h9,12-19,25,28,33H,1,10-11,20H2,2-8H3/t25?,28?,33?,34-,35?/m0/s1. The predicted molar refractivity (Wildman–Crippen MR) is 168 cm³/mol. The van der Waals surface area contributed by atoms with E-state index in [0.29, 0.717) is 5.92 Å². The van der Waals surface area contributed by atoms with Crippen molar-refractivity contribution in [3.8, 4) is 0 Å². The Morgan fingerprint density at radius 2 is 1.68 bits per heavy atom. The molecular formula is C35H41IN2. The summed E-state index contributed by atoms with van der Waals surface area (Å²) in [6.07, 6.45) is 15.3. The van der Waals surface area contributed by atoms with Crippen LogP contribution in [0.2, 0.25) is 0 Å². The topological polar surface area (TPSA) is 6.48 Å². The lowest BCUT2D eigenvalue weighted by molar-refractivity contribution is -0.0564. The minimum Gasteiger partial charge on any atom is -0.358 e. The van der Waals surface area contributed by atoms with Gasteiger partial charge >= 0.3 is 0 Å². The molecule has 0 spiro atoms. The van der Waals surface area contributed by atoms with Crippen LogP contribution in [0.3, 0.4) is 0 Å². The lowest BCUT2D eigenvalue weighted by atomic mass is 9.43. The summed E-state index contributed by atoms with van der Waals surface area (Å²) < 4.78 is 1.41. The maximum atomic E-state index is 4.58. The third-order valence-corrected chi connectivity index (χ3v) is 12.6. The number of halogens is 1. The first-order valence-corrected chi connectivity index (χ1v) is 15.4. The minimum absolute atomic E-state index is 0.117. The highest BCUT2D eigenvalue weighted by molar-refractivity contribution is 14.1. The maximum absolute atomic E-state index is 4.58. The van der Waals surface area contributed by atoms with Gasteiger partial charge in [-0.3, -0.25) is 0 Å². The molecule has 0 amide bonds. The molecule has 0 radical (unpaired) electrons. The van der Waals surface area contributed by atoms with E-state index in [9.17, 15) is 0 Å². The third-order valence-electron chi connectivity index (χ3n) is 11.0. The largest absolute Gasteiger partial charge is 0.358 e. The molecule has 3 heteroatoms. The van der Waals surface area contributed by atoms with Crippen LogP contribution in [0.15, 0.2) is 72.7 Å². The van der Waals surface area contributed by atoms with Crippen LogP contribution in [0, 0.1) is 42.6 Å². The van der Waals surface area contributed by atoms with Gasteiger partial charge in [0.25, 0.3) is 0 Å². The van der Waals surface area contributed by atoms with Crippen molar-refractivity contribution in [1.82, 2.24) is 9.80 Å². The van der Waals surface area contributed by atoms with Crippen molar-refractivity contribution in [3.63, 3.8) is 0 Å². The Kier molecular flexibility index (Phi) is 6.07. The Balaban J connectivity index is 1.89. The van der Waals surface area contributed by atoms with Crippen LogP contribution in [0.1, 0.15) is 78.0 Å². The van der Waals surface area contributed by atoms with Gasteiger partial charge in [-0.25, -0.2) is 0 Å². The molecule has 3 bridgehead atoms. The Labute approximate surface area is 243 Å². The minimum atomic E-state index is -0.199. The van der Waals surface area contributed by atoms with Crippen molar-refractivity contribution in [2.45, 2.75) is 78.3 Å². The van der Waals surface area contributed by atoms with Crippen molar-refractivity contribution in [2.24, 2.45) is 11.3 Å². The molecule has 2 aliphatic heterocycles. The quantitative estimate of drug-likeness (QED) is 0.250. The average Bonchev–Trinajstić information content (AvgIpc) is 3.34. The van der Waals surface area contributed by atoms with Crippen molar-refractivity contribution >= 4 is 22.6 Å². The first-order valence-electron chi connectivity index (χ1n) is 14.3. The highest BCUT2D eigenvalue weighted by Crippen LogP contribution is 2.68. The maximum Gasteiger partial charge on any atom is 0.113 e. The Hall–Kier alpha value is -2.27. The predicted octanol–water partition coefficient (Wildman–Crippen LogP) is 8.79. The summed E-state index contributed by atoms with van der Waals surface area (Å²) in [7, 11) is 2.29. The van der Waals surface area contributed by atoms with Crippen molar-refractivity contribution in [1.29, 1.82) is 0 Å². The molecule has 2 aliphatic carbocycles. The molecule has 0 aromatic heterocycles. The molecule has 2 nitrogen and oxygen atoms in total. The van der Waals surface area contributed by atoms with E-state index >= 15 is 0 Å². The Bertz CT molecular complexity index is 1420. The monoisotopic (exact) mass is 616 g/mol. The van der Waals surface area contributed by atoms with Gasteiger partial charge in [0.05, 0.1) is 0 Å². The number of rotatable bonds is 4. The van der Waals surface area contributed by atoms with Crippen LogP contribution in [-0.2, 0) is 5.41 Å². The van der Waals surface area contributed by atoms with E-state index in [0.717, 1.165) is 19.3 Å². The van der Waals surface area contributed by atoms with E-state index in [1.807, 2.05) is 0 Å². The summed E-state index contributed by atoms with van der Waals surface area (Å²) in [5.74, 6) is 0.672. The van der Waals surface area contributed by atoms with Gasteiger partial charge in [0, 0.05) is 51.4 Å². The molecule has 4 unspecified atom stereocenters. The van der Waals surface area contributed by atoms with E-state index in [2.05, 4.69) is 142 Å². The molecule has 2 aromatic carbocycles. The van der Waals surface area contributed by atoms with Gasteiger partial charge in [-0.2, -0.15) is 0 Å². The number of fused-ring (bicyclic) bond motifs is 7. The van der Waals surface area contributed by atoms with Crippen LogP contribution in [0.25, 0.3) is 0 Å². The zero-order valence-electron chi connectivity index (χ0n) is 24.0. The highest BCUT2D eigenvalue weighted by atomic mass is 127. The molecule has 2 aromatic rings. The SMILES string of the molecule is C=CC1C2=C3C=CC(C2)c2ccccc2[C@@](CC)(c2c(C)c(C)c(I)c(C)c2C)C1(CC)C1N(C)C=CN31. The van der Waals surface area contributed by atoms with Gasteiger partial charge in [0.15, 0.2) is 0 Å². The molecule has 6 rings (SSSR count).